The highest BCUT2D eigenvalue weighted by Gasteiger charge is 2.15. The van der Waals surface area contributed by atoms with Crippen LogP contribution in [0.4, 0.5) is 0 Å². The van der Waals surface area contributed by atoms with Gasteiger partial charge in [0.1, 0.15) is 0 Å². The van der Waals surface area contributed by atoms with E-state index in [1.54, 1.807) is 30.3 Å². The van der Waals surface area contributed by atoms with E-state index in [0.717, 1.165) is 5.56 Å². The smallest absolute Gasteiger partial charge is 0.307 e. The average Bonchev–Trinajstić information content (AvgIpc) is 2.66. The van der Waals surface area contributed by atoms with Gasteiger partial charge in [-0.25, -0.2) is 13.1 Å². The molecule has 1 amide bonds. The molecular formula is C18H18Cl2N2O5S. The summed E-state index contributed by atoms with van der Waals surface area (Å²) in [6.07, 6.45) is -0.218. The molecule has 2 aromatic carbocycles. The maximum atomic E-state index is 12.1. The fourth-order valence-corrected chi connectivity index (χ4v) is 3.54. The molecule has 0 bridgehead atoms. The number of ether oxygens (including phenoxy) is 1. The van der Waals surface area contributed by atoms with Gasteiger partial charge >= 0.3 is 5.97 Å². The zero-order valence-corrected chi connectivity index (χ0v) is 17.0. The standard InChI is InChI=1S/C18H18Cl2N2O5S/c19-14-6-4-13(5-7-14)11-21-17(23)12-27-18(24)8-9-22-28(25,26)16-3-1-2-15(20)10-16/h1-7,10,22H,8-9,11-12H2,(H,21,23). The van der Waals surface area contributed by atoms with Crippen LogP contribution >= 0.6 is 23.2 Å². The normalized spacial score (nSPS) is 11.1. The van der Waals surface area contributed by atoms with Gasteiger partial charge in [-0.2, -0.15) is 0 Å². The van der Waals surface area contributed by atoms with Crippen LogP contribution in [0.3, 0.4) is 0 Å². The molecule has 0 fully saturated rings. The van der Waals surface area contributed by atoms with Crippen molar-refractivity contribution in [2.75, 3.05) is 13.2 Å². The first-order valence-electron chi connectivity index (χ1n) is 8.18. The lowest BCUT2D eigenvalue weighted by Crippen LogP contribution is -2.30. The molecule has 0 aliphatic carbocycles. The maximum Gasteiger partial charge on any atom is 0.307 e. The SMILES string of the molecule is O=C(COC(=O)CCNS(=O)(=O)c1cccc(Cl)c1)NCc1ccc(Cl)cc1. The van der Waals surface area contributed by atoms with Gasteiger partial charge < -0.3 is 10.1 Å². The van der Waals surface area contributed by atoms with Gasteiger partial charge in [-0.1, -0.05) is 41.4 Å². The number of halogens is 2. The van der Waals surface area contributed by atoms with Crippen molar-refractivity contribution in [3.63, 3.8) is 0 Å². The minimum Gasteiger partial charge on any atom is -0.456 e. The molecule has 0 aliphatic heterocycles. The van der Waals surface area contributed by atoms with Crippen molar-refractivity contribution in [3.8, 4) is 0 Å². The van der Waals surface area contributed by atoms with Crippen molar-refractivity contribution >= 4 is 45.1 Å². The molecule has 0 aliphatic rings. The number of sulfonamides is 1. The second kappa shape index (κ2) is 10.4. The lowest BCUT2D eigenvalue weighted by molar-refractivity contribution is -0.148. The number of hydrogen-bond acceptors (Lipinski definition) is 5. The Labute approximate surface area is 173 Å². The van der Waals surface area contributed by atoms with Crippen molar-refractivity contribution in [1.29, 1.82) is 0 Å². The Bertz CT molecular complexity index is 933. The summed E-state index contributed by atoms with van der Waals surface area (Å²) in [6, 6.07) is 12.7. The van der Waals surface area contributed by atoms with E-state index < -0.39 is 28.5 Å². The molecule has 28 heavy (non-hydrogen) atoms. The third-order valence-corrected chi connectivity index (χ3v) is 5.44. The molecule has 0 saturated carbocycles. The fourth-order valence-electron chi connectivity index (χ4n) is 2.08. The molecule has 10 heteroatoms. The first kappa shape index (κ1) is 22.2. The third-order valence-electron chi connectivity index (χ3n) is 3.49. The van der Waals surface area contributed by atoms with Crippen LogP contribution in [-0.4, -0.2) is 33.4 Å². The van der Waals surface area contributed by atoms with Gasteiger partial charge in [0.05, 0.1) is 11.3 Å². The highest BCUT2D eigenvalue weighted by atomic mass is 35.5. The van der Waals surface area contributed by atoms with Crippen LogP contribution in [0.1, 0.15) is 12.0 Å². The zero-order chi connectivity index (χ0) is 20.6. The first-order chi connectivity index (χ1) is 13.3. The summed E-state index contributed by atoms with van der Waals surface area (Å²) in [4.78, 5) is 23.4. The van der Waals surface area contributed by atoms with Crippen LogP contribution in [0, 0.1) is 0 Å². The molecule has 0 atom stereocenters. The summed E-state index contributed by atoms with van der Waals surface area (Å²) in [7, 11) is -3.78. The maximum absolute atomic E-state index is 12.1. The number of carbonyl (C=O) groups excluding carboxylic acids is 2. The zero-order valence-electron chi connectivity index (χ0n) is 14.7. The lowest BCUT2D eigenvalue weighted by Gasteiger charge is -2.08. The van der Waals surface area contributed by atoms with Crippen molar-refractivity contribution in [2.45, 2.75) is 17.9 Å². The summed E-state index contributed by atoms with van der Waals surface area (Å²) in [5.41, 5.74) is 0.847. The molecule has 2 aromatic rings. The van der Waals surface area contributed by atoms with Crippen LogP contribution < -0.4 is 10.0 Å². The Morgan fingerprint density at radius 3 is 2.39 bits per heavy atom. The second-order valence-corrected chi connectivity index (χ2v) is 8.31. The van der Waals surface area contributed by atoms with E-state index in [2.05, 4.69) is 10.0 Å². The molecule has 0 unspecified atom stereocenters. The molecule has 2 N–H and O–H groups in total. The molecule has 7 nitrogen and oxygen atoms in total. The van der Waals surface area contributed by atoms with E-state index >= 15 is 0 Å². The van der Waals surface area contributed by atoms with Gasteiger partial charge in [0.15, 0.2) is 6.61 Å². The molecule has 0 aromatic heterocycles. The second-order valence-electron chi connectivity index (χ2n) is 5.67. The highest BCUT2D eigenvalue weighted by molar-refractivity contribution is 7.89. The predicted octanol–water partition coefficient (Wildman–Crippen LogP) is 2.52. The Morgan fingerprint density at radius 1 is 1.00 bits per heavy atom. The number of hydrogen-bond donors (Lipinski definition) is 2. The van der Waals surface area contributed by atoms with E-state index in [4.69, 9.17) is 27.9 Å². The van der Waals surface area contributed by atoms with Crippen LogP contribution in [0.2, 0.25) is 10.0 Å². The predicted molar refractivity (Wildman–Crippen MR) is 106 cm³/mol. The molecule has 0 radical (unpaired) electrons. The van der Waals surface area contributed by atoms with Crippen molar-refractivity contribution < 1.29 is 22.7 Å². The third kappa shape index (κ3) is 7.47. The minimum atomic E-state index is -3.78. The van der Waals surface area contributed by atoms with Gasteiger partial charge in [-0.15, -0.1) is 0 Å². The van der Waals surface area contributed by atoms with Crippen molar-refractivity contribution in [2.24, 2.45) is 0 Å². The summed E-state index contributed by atoms with van der Waals surface area (Å²) in [6.45, 7) is -0.347. The van der Waals surface area contributed by atoms with Gasteiger partial charge in [0.25, 0.3) is 5.91 Å². The first-order valence-corrected chi connectivity index (χ1v) is 10.4. The van der Waals surface area contributed by atoms with E-state index in [1.807, 2.05) is 0 Å². The van der Waals surface area contributed by atoms with Crippen LogP contribution in [-0.2, 0) is 30.9 Å². The number of esters is 1. The Kier molecular flexibility index (Phi) is 8.25. The Morgan fingerprint density at radius 2 is 1.71 bits per heavy atom. The van der Waals surface area contributed by atoms with Crippen molar-refractivity contribution in [1.82, 2.24) is 10.0 Å². The van der Waals surface area contributed by atoms with Gasteiger partial charge in [-0.05, 0) is 35.9 Å². The van der Waals surface area contributed by atoms with Gasteiger partial charge in [-0.3, -0.25) is 9.59 Å². The Hall–Kier alpha value is -2.13. The molecule has 2 rings (SSSR count). The van der Waals surface area contributed by atoms with Crippen LogP contribution in [0.25, 0.3) is 0 Å². The van der Waals surface area contributed by atoms with Gasteiger partial charge in [0.2, 0.25) is 10.0 Å². The number of benzene rings is 2. The molecule has 0 heterocycles. The molecule has 0 spiro atoms. The summed E-state index contributed by atoms with van der Waals surface area (Å²) < 4.78 is 31.3. The van der Waals surface area contributed by atoms with Gasteiger partial charge in [0, 0.05) is 23.1 Å². The van der Waals surface area contributed by atoms with E-state index in [9.17, 15) is 18.0 Å². The highest BCUT2D eigenvalue weighted by Crippen LogP contribution is 2.15. The number of carbonyl (C=O) groups is 2. The monoisotopic (exact) mass is 444 g/mol. The summed E-state index contributed by atoms with van der Waals surface area (Å²) in [5, 5.41) is 3.47. The quantitative estimate of drug-likeness (QED) is 0.578. The summed E-state index contributed by atoms with van der Waals surface area (Å²) >= 11 is 11.5. The number of amides is 1. The molecular weight excluding hydrogens is 427 g/mol. The number of nitrogens with one attached hydrogen (secondary N) is 2. The topological polar surface area (TPSA) is 102 Å². The average molecular weight is 445 g/mol. The fraction of sp³-hybridized carbons (Fsp3) is 0.222. The van der Waals surface area contributed by atoms with E-state index in [-0.39, 0.29) is 29.4 Å². The summed E-state index contributed by atoms with van der Waals surface area (Å²) in [5.74, 6) is -1.17. The minimum absolute atomic E-state index is 0.00468. The number of rotatable bonds is 9. The van der Waals surface area contributed by atoms with Crippen molar-refractivity contribution in [3.05, 3.63) is 64.1 Å². The molecule has 150 valence electrons. The van der Waals surface area contributed by atoms with Crippen LogP contribution in [0.5, 0.6) is 0 Å². The van der Waals surface area contributed by atoms with Crippen LogP contribution in [0.15, 0.2) is 53.4 Å². The van der Waals surface area contributed by atoms with E-state index in [1.165, 1.54) is 18.2 Å². The lowest BCUT2D eigenvalue weighted by atomic mass is 10.2. The van der Waals surface area contributed by atoms with E-state index in [0.29, 0.717) is 5.02 Å². The molecule has 0 saturated heterocycles. The largest absolute Gasteiger partial charge is 0.456 e. The Balaban J connectivity index is 1.68.